The van der Waals surface area contributed by atoms with Gasteiger partial charge in [-0.05, 0) is 57.2 Å². The van der Waals surface area contributed by atoms with E-state index in [1.54, 1.807) is 18.2 Å². The molecule has 23 heavy (non-hydrogen) atoms. The van der Waals surface area contributed by atoms with Gasteiger partial charge in [0.2, 0.25) is 0 Å². The van der Waals surface area contributed by atoms with Gasteiger partial charge in [-0.25, -0.2) is 4.79 Å². The average Bonchev–Trinajstić information content (AvgIpc) is 2.40. The van der Waals surface area contributed by atoms with Crippen LogP contribution in [0.1, 0.15) is 56.8 Å². The molecule has 0 radical (unpaired) electrons. The maximum absolute atomic E-state index is 12.2. The second-order valence-electron chi connectivity index (χ2n) is 6.58. The molecule has 0 saturated heterocycles. The maximum atomic E-state index is 12.2. The van der Waals surface area contributed by atoms with Crippen molar-refractivity contribution in [1.29, 1.82) is 0 Å². The molecule has 0 bridgehead atoms. The fraction of sp³-hybridized carbons (Fsp3) is 0.529. The number of Topliss-reactive ketones (excluding diaryl/α,β-unsaturated/α-hetero) is 1. The first kappa shape index (κ1) is 19.8. The van der Waals surface area contributed by atoms with Crippen molar-refractivity contribution in [2.24, 2.45) is 5.92 Å². The number of halogens is 2. The summed E-state index contributed by atoms with van der Waals surface area (Å²) in [6, 6.07) is 4.85. The Morgan fingerprint density at radius 1 is 1.17 bits per heavy atom. The number of amides is 1. The number of hydrogen-bond donors (Lipinski definition) is 2. The third-order valence-corrected chi connectivity index (χ3v) is 4.19. The number of rotatable bonds is 8. The summed E-state index contributed by atoms with van der Waals surface area (Å²) in [4.78, 5) is 22.9. The van der Waals surface area contributed by atoms with Crippen molar-refractivity contribution in [3.63, 3.8) is 0 Å². The standard InChI is InChI=1S/C17H23Cl2NO3/c1-11(6-7-17(2,3)20-16(22)23)4-5-15(21)12-8-13(18)10-14(19)9-12/h8-11,20H,4-7H2,1-3H3,(H,22,23). The van der Waals surface area contributed by atoms with Crippen LogP contribution in [0.4, 0.5) is 4.79 Å². The van der Waals surface area contributed by atoms with Crippen molar-refractivity contribution in [2.45, 2.75) is 52.0 Å². The van der Waals surface area contributed by atoms with Crippen molar-refractivity contribution in [1.82, 2.24) is 5.32 Å². The van der Waals surface area contributed by atoms with Gasteiger partial charge in [0.25, 0.3) is 0 Å². The van der Waals surface area contributed by atoms with Crippen molar-refractivity contribution in [3.05, 3.63) is 33.8 Å². The Labute approximate surface area is 147 Å². The van der Waals surface area contributed by atoms with Crippen LogP contribution in [0.25, 0.3) is 0 Å². The zero-order valence-electron chi connectivity index (χ0n) is 13.7. The average molecular weight is 360 g/mol. The SMILES string of the molecule is CC(CCC(=O)c1cc(Cl)cc(Cl)c1)CCC(C)(C)NC(=O)O. The molecule has 128 valence electrons. The lowest BCUT2D eigenvalue weighted by Crippen LogP contribution is -2.42. The minimum atomic E-state index is -1.02. The molecule has 1 aromatic rings. The third-order valence-electron chi connectivity index (χ3n) is 3.76. The van der Waals surface area contributed by atoms with E-state index < -0.39 is 11.6 Å². The number of carbonyl (C=O) groups excluding carboxylic acids is 1. The molecule has 6 heteroatoms. The molecule has 0 spiro atoms. The molecule has 0 aliphatic heterocycles. The van der Waals surface area contributed by atoms with Crippen LogP contribution < -0.4 is 5.32 Å². The van der Waals surface area contributed by atoms with Crippen LogP contribution in [0.3, 0.4) is 0 Å². The molecule has 0 heterocycles. The Bertz CT molecular complexity index is 553. The summed E-state index contributed by atoms with van der Waals surface area (Å²) in [5, 5.41) is 12.2. The molecular weight excluding hydrogens is 337 g/mol. The van der Waals surface area contributed by atoms with Crippen molar-refractivity contribution in [2.75, 3.05) is 0 Å². The molecule has 0 aromatic heterocycles. The van der Waals surface area contributed by atoms with Crippen molar-refractivity contribution >= 4 is 35.1 Å². The largest absolute Gasteiger partial charge is 0.465 e. The Kier molecular flexibility index (Phi) is 7.36. The van der Waals surface area contributed by atoms with Crippen LogP contribution in [-0.2, 0) is 0 Å². The van der Waals surface area contributed by atoms with Gasteiger partial charge in [-0.15, -0.1) is 0 Å². The first-order valence-electron chi connectivity index (χ1n) is 7.59. The van der Waals surface area contributed by atoms with E-state index in [9.17, 15) is 9.59 Å². The van der Waals surface area contributed by atoms with E-state index in [1.807, 2.05) is 13.8 Å². The first-order valence-corrected chi connectivity index (χ1v) is 8.35. The van der Waals surface area contributed by atoms with E-state index in [2.05, 4.69) is 12.2 Å². The summed E-state index contributed by atoms with van der Waals surface area (Å²) >= 11 is 11.8. The molecule has 1 rings (SSSR count). The Morgan fingerprint density at radius 2 is 1.74 bits per heavy atom. The van der Waals surface area contributed by atoms with E-state index >= 15 is 0 Å². The normalized spacial score (nSPS) is 12.7. The topological polar surface area (TPSA) is 66.4 Å². The van der Waals surface area contributed by atoms with Crippen LogP contribution in [0.5, 0.6) is 0 Å². The highest BCUT2D eigenvalue weighted by molar-refractivity contribution is 6.35. The van der Waals surface area contributed by atoms with Crippen molar-refractivity contribution < 1.29 is 14.7 Å². The molecule has 0 saturated carbocycles. The Hall–Kier alpha value is -1.26. The van der Waals surface area contributed by atoms with E-state index in [-0.39, 0.29) is 5.78 Å². The quantitative estimate of drug-likeness (QED) is 0.609. The Balaban J connectivity index is 2.45. The summed E-state index contributed by atoms with van der Waals surface area (Å²) in [7, 11) is 0. The van der Waals surface area contributed by atoms with Gasteiger partial charge in [0.05, 0.1) is 0 Å². The molecule has 4 nitrogen and oxygen atoms in total. The second kappa shape index (κ2) is 8.55. The molecule has 0 aliphatic carbocycles. The molecule has 1 amide bonds. The van der Waals surface area contributed by atoms with E-state index in [1.165, 1.54) is 0 Å². The summed E-state index contributed by atoms with van der Waals surface area (Å²) in [5.41, 5.74) is 0.0625. The Morgan fingerprint density at radius 3 is 2.26 bits per heavy atom. The van der Waals surface area contributed by atoms with Gasteiger partial charge in [0.15, 0.2) is 5.78 Å². The highest BCUT2D eigenvalue weighted by Crippen LogP contribution is 2.23. The lowest BCUT2D eigenvalue weighted by atomic mass is 9.90. The number of carbonyl (C=O) groups is 2. The minimum absolute atomic E-state index is 0.0178. The molecule has 1 aromatic carbocycles. The predicted octanol–water partition coefficient (Wildman–Crippen LogP) is 5.42. The van der Waals surface area contributed by atoms with Crippen LogP contribution >= 0.6 is 23.2 Å². The third kappa shape index (κ3) is 7.71. The summed E-state index contributed by atoms with van der Waals surface area (Å²) in [6.45, 7) is 5.77. The van der Waals surface area contributed by atoms with Gasteiger partial charge in [0, 0.05) is 27.6 Å². The zero-order valence-corrected chi connectivity index (χ0v) is 15.2. The number of benzene rings is 1. The number of hydrogen-bond acceptors (Lipinski definition) is 2. The van der Waals surface area contributed by atoms with Crippen LogP contribution in [0, 0.1) is 5.92 Å². The lowest BCUT2D eigenvalue weighted by molar-refractivity contribution is 0.0973. The van der Waals surface area contributed by atoms with Gasteiger partial charge in [0.1, 0.15) is 0 Å². The predicted molar refractivity (Wildman–Crippen MR) is 93.7 cm³/mol. The van der Waals surface area contributed by atoms with Crippen LogP contribution in [-0.4, -0.2) is 22.5 Å². The monoisotopic (exact) mass is 359 g/mol. The van der Waals surface area contributed by atoms with Crippen LogP contribution in [0.2, 0.25) is 10.0 Å². The highest BCUT2D eigenvalue weighted by atomic mass is 35.5. The number of nitrogens with one attached hydrogen (secondary N) is 1. The summed E-state index contributed by atoms with van der Waals surface area (Å²) in [6.07, 6.45) is 1.71. The van der Waals surface area contributed by atoms with Gasteiger partial charge < -0.3 is 10.4 Å². The molecule has 0 aliphatic rings. The first-order chi connectivity index (χ1) is 10.6. The molecule has 2 N–H and O–H groups in total. The van der Waals surface area contributed by atoms with Gasteiger partial charge in [-0.3, -0.25) is 4.79 Å². The smallest absolute Gasteiger partial charge is 0.405 e. The maximum Gasteiger partial charge on any atom is 0.405 e. The molecular formula is C17H23Cl2NO3. The fourth-order valence-corrected chi connectivity index (χ4v) is 2.87. The lowest BCUT2D eigenvalue weighted by Gasteiger charge is -2.26. The summed E-state index contributed by atoms with van der Waals surface area (Å²) in [5.74, 6) is 0.340. The minimum Gasteiger partial charge on any atom is -0.465 e. The second-order valence-corrected chi connectivity index (χ2v) is 7.45. The summed E-state index contributed by atoms with van der Waals surface area (Å²) < 4.78 is 0. The van der Waals surface area contributed by atoms with Crippen molar-refractivity contribution in [3.8, 4) is 0 Å². The highest BCUT2D eigenvalue weighted by Gasteiger charge is 2.21. The number of ketones is 1. The molecule has 1 atom stereocenters. The fourth-order valence-electron chi connectivity index (χ4n) is 2.34. The van der Waals surface area contributed by atoms with E-state index in [0.29, 0.717) is 27.9 Å². The van der Waals surface area contributed by atoms with Crippen LogP contribution in [0.15, 0.2) is 18.2 Å². The van der Waals surface area contributed by atoms with Gasteiger partial charge in [-0.2, -0.15) is 0 Å². The van der Waals surface area contributed by atoms with E-state index in [4.69, 9.17) is 28.3 Å². The zero-order chi connectivity index (χ0) is 17.6. The molecule has 1 unspecified atom stereocenters. The molecule has 0 fully saturated rings. The van der Waals surface area contributed by atoms with Gasteiger partial charge >= 0.3 is 6.09 Å². The number of carboxylic acid groups (broad SMARTS) is 1. The van der Waals surface area contributed by atoms with Gasteiger partial charge in [-0.1, -0.05) is 30.1 Å². The van der Waals surface area contributed by atoms with E-state index in [0.717, 1.165) is 19.3 Å².